The molecule has 0 spiro atoms. The highest BCUT2D eigenvalue weighted by atomic mass is 16.5. The van der Waals surface area contributed by atoms with E-state index in [1.165, 1.54) is 43.7 Å². The van der Waals surface area contributed by atoms with E-state index >= 15 is 0 Å². The Hall–Kier alpha value is -2.10. The topological polar surface area (TPSA) is 52.6 Å². The van der Waals surface area contributed by atoms with Crippen LogP contribution in [0.4, 0.5) is 0 Å². The van der Waals surface area contributed by atoms with E-state index in [1.54, 1.807) is 6.92 Å². The fraction of sp³-hybridized carbons (Fsp3) is 0.667. The number of benzene rings is 1. The molecular formula is C30H40O4. The predicted octanol–water partition coefficient (Wildman–Crippen LogP) is 6.59. The third-order valence-corrected chi connectivity index (χ3v) is 10.2. The van der Waals surface area contributed by atoms with Crippen LogP contribution in [0.2, 0.25) is 0 Å². The summed E-state index contributed by atoms with van der Waals surface area (Å²) in [7, 11) is 0. The van der Waals surface area contributed by atoms with E-state index in [9.17, 15) is 9.59 Å². The lowest BCUT2D eigenvalue weighted by atomic mass is 9.44. The summed E-state index contributed by atoms with van der Waals surface area (Å²) in [5, 5.41) is 0. The molecule has 0 aliphatic heterocycles. The Morgan fingerprint density at radius 2 is 1.59 bits per heavy atom. The van der Waals surface area contributed by atoms with E-state index in [0.717, 1.165) is 25.7 Å². The number of carbonyl (C=O) groups excluding carboxylic acids is 2. The Bertz CT molecular complexity index is 967. The number of fused-ring (bicyclic) bond motifs is 5. The van der Waals surface area contributed by atoms with Crippen molar-refractivity contribution in [2.75, 3.05) is 0 Å². The van der Waals surface area contributed by atoms with Crippen LogP contribution in [0.1, 0.15) is 84.6 Å². The summed E-state index contributed by atoms with van der Waals surface area (Å²) in [6.07, 6.45) is 11.2. The largest absolute Gasteiger partial charge is 0.462 e. The minimum atomic E-state index is -0.183. The maximum atomic E-state index is 12.0. The zero-order chi connectivity index (χ0) is 24.1. The molecule has 184 valence electrons. The van der Waals surface area contributed by atoms with Crippen LogP contribution < -0.4 is 0 Å². The van der Waals surface area contributed by atoms with E-state index in [0.29, 0.717) is 23.7 Å². The maximum Gasteiger partial charge on any atom is 0.303 e. The molecule has 0 N–H and O–H groups in total. The molecule has 4 aliphatic carbocycles. The lowest BCUT2D eigenvalue weighted by Crippen LogP contribution is -2.55. The van der Waals surface area contributed by atoms with Crippen molar-refractivity contribution in [3.8, 4) is 0 Å². The fourth-order valence-electron chi connectivity index (χ4n) is 8.74. The number of ether oxygens (including phenoxy) is 2. The fourth-order valence-corrected chi connectivity index (χ4v) is 8.74. The van der Waals surface area contributed by atoms with Crippen LogP contribution in [0.15, 0.2) is 35.9 Å². The summed E-state index contributed by atoms with van der Waals surface area (Å²) in [5.74, 6) is 2.28. The van der Waals surface area contributed by atoms with E-state index < -0.39 is 0 Å². The van der Waals surface area contributed by atoms with E-state index in [4.69, 9.17) is 9.47 Å². The van der Waals surface area contributed by atoms with Gasteiger partial charge in [0.1, 0.15) is 12.2 Å². The lowest BCUT2D eigenvalue weighted by Gasteiger charge is -2.61. The Labute approximate surface area is 204 Å². The van der Waals surface area contributed by atoms with Crippen molar-refractivity contribution in [2.45, 2.75) is 91.3 Å². The number of esters is 2. The van der Waals surface area contributed by atoms with Gasteiger partial charge in [-0.25, -0.2) is 0 Å². The quantitative estimate of drug-likeness (QED) is 0.474. The molecular weight excluding hydrogens is 424 g/mol. The van der Waals surface area contributed by atoms with Crippen LogP contribution in [-0.2, 0) is 19.1 Å². The summed E-state index contributed by atoms with van der Waals surface area (Å²) in [4.78, 5) is 23.7. The van der Waals surface area contributed by atoms with Crippen molar-refractivity contribution in [3.63, 3.8) is 0 Å². The van der Waals surface area contributed by atoms with Crippen LogP contribution >= 0.6 is 0 Å². The minimum absolute atomic E-state index is 0.0784. The molecule has 4 fully saturated rings. The molecule has 0 aromatic heterocycles. The molecule has 0 saturated heterocycles. The van der Waals surface area contributed by atoms with Gasteiger partial charge in [-0.05, 0) is 91.6 Å². The first-order valence-electron chi connectivity index (χ1n) is 13.3. The SMILES string of the molecule is CC(=O)OC1C[C@@H]2CCC3C4CCC(OC(C)=O)C4(C)CCC3C2(C)C/C1=C\c1ccccc1. The van der Waals surface area contributed by atoms with Crippen molar-refractivity contribution in [1.29, 1.82) is 0 Å². The van der Waals surface area contributed by atoms with Crippen LogP contribution in [0.3, 0.4) is 0 Å². The summed E-state index contributed by atoms with van der Waals surface area (Å²) >= 11 is 0. The molecule has 0 heterocycles. The highest BCUT2D eigenvalue weighted by molar-refractivity contribution is 5.67. The molecule has 5 rings (SSSR count). The minimum Gasteiger partial charge on any atom is -0.462 e. The monoisotopic (exact) mass is 464 g/mol. The van der Waals surface area contributed by atoms with Crippen LogP contribution in [-0.4, -0.2) is 24.1 Å². The number of hydrogen-bond donors (Lipinski definition) is 0. The van der Waals surface area contributed by atoms with E-state index in [1.807, 2.05) is 6.07 Å². The Balaban J connectivity index is 1.44. The first-order chi connectivity index (χ1) is 16.2. The zero-order valence-corrected chi connectivity index (χ0v) is 21.2. The third kappa shape index (κ3) is 4.01. The predicted molar refractivity (Wildman–Crippen MR) is 133 cm³/mol. The molecule has 4 saturated carbocycles. The first kappa shape index (κ1) is 23.6. The van der Waals surface area contributed by atoms with Gasteiger partial charge in [0.2, 0.25) is 0 Å². The Morgan fingerprint density at radius 1 is 0.882 bits per heavy atom. The Kier molecular flexibility index (Phi) is 6.14. The van der Waals surface area contributed by atoms with Crippen molar-refractivity contribution in [1.82, 2.24) is 0 Å². The molecule has 1 aromatic rings. The molecule has 0 bridgehead atoms. The van der Waals surface area contributed by atoms with Gasteiger partial charge in [-0.3, -0.25) is 9.59 Å². The van der Waals surface area contributed by atoms with Gasteiger partial charge in [-0.15, -0.1) is 0 Å². The molecule has 0 amide bonds. The van der Waals surface area contributed by atoms with Gasteiger partial charge in [-0.1, -0.05) is 50.3 Å². The molecule has 0 radical (unpaired) electrons. The average molecular weight is 465 g/mol. The zero-order valence-electron chi connectivity index (χ0n) is 21.2. The first-order valence-corrected chi connectivity index (χ1v) is 13.3. The van der Waals surface area contributed by atoms with Gasteiger partial charge in [0.05, 0.1) is 0 Å². The molecule has 4 heteroatoms. The maximum absolute atomic E-state index is 12.0. The molecule has 8 atom stereocenters. The second kappa shape index (κ2) is 8.84. The van der Waals surface area contributed by atoms with Crippen molar-refractivity contribution >= 4 is 18.0 Å². The number of carbonyl (C=O) groups is 2. The highest BCUT2D eigenvalue weighted by Gasteiger charge is 2.61. The lowest BCUT2D eigenvalue weighted by molar-refractivity contribution is -0.163. The number of rotatable bonds is 3. The molecule has 1 aromatic carbocycles. The van der Waals surface area contributed by atoms with Crippen molar-refractivity contribution < 1.29 is 19.1 Å². The van der Waals surface area contributed by atoms with Crippen LogP contribution in [0.25, 0.3) is 6.08 Å². The third-order valence-electron chi connectivity index (χ3n) is 10.2. The summed E-state index contributed by atoms with van der Waals surface area (Å²) in [5.41, 5.74) is 2.80. The molecule has 4 nitrogen and oxygen atoms in total. The van der Waals surface area contributed by atoms with Gasteiger partial charge >= 0.3 is 11.9 Å². The van der Waals surface area contributed by atoms with Gasteiger partial charge < -0.3 is 9.47 Å². The van der Waals surface area contributed by atoms with Gasteiger partial charge in [-0.2, -0.15) is 0 Å². The van der Waals surface area contributed by atoms with Crippen molar-refractivity contribution in [3.05, 3.63) is 41.5 Å². The van der Waals surface area contributed by atoms with E-state index in [2.05, 4.69) is 44.2 Å². The van der Waals surface area contributed by atoms with Gasteiger partial charge in [0.15, 0.2) is 0 Å². The smallest absolute Gasteiger partial charge is 0.303 e. The van der Waals surface area contributed by atoms with E-state index in [-0.39, 0.29) is 35.0 Å². The average Bonchev–Trinajstić information content (AvgIpc) is 3.10. The van der Waals surface area contributed by atoms with Gasteiger partial charge in [0, 0.05) is 19.3 Å². The molecule has 4 aliphatic rings. The summed E-state index contributed by atoms with van der Waals surface area (Å²) < 4.78 is 11.7. The standard InChI is InChI=1S/C30H40O4/c1-19(31)33-27-17-23-10-11-24-25-12-13-28(34-20(2)32)29(25,3)15-14-26(24)30(23,4)18-22(27)16-21-8-6-5-7-9-21/h5-9,16,23-28H,10-15,17-18H2,1-4H3/b22-16+/t23-,24?,25?,26?,27?,28?,29?,30?/m0/s1. The number of hydrogen-bond acceptors (Lipinski definition) is 4. The highest BCUT2D eigenvalue weighted by Crippen LogP contribution is 2.67. The second-order valence-corrected chi connectivity index (χ2v) is 12.0. The molecule has 34 heavy (non-hydrogen) atoms. The van der Waals surface area contributed by atoms with Crippen LogP contribution in [0.5, 0.6) is 0 Å². The summed E-state index contributed by atoms with van der Waals surface area (Å²) in [6.45, 7) is 8.00. The Morgan fingerprint density at radius 3 is 2.29 bits per heavy atom. The van der Waals surface area contributed by atoms with Crippen molar-refractivity contribution in [2.24, 2.45) is 34.5 Å². The van der Waals surface area contributed by atoms with Crippen LogP contribution in [0, 0.1) is 34.5 Å². The second-order valence-electron chi connectivity index (χ2n) is 12.0. The molecule has 7 unspecified atom stereocenters. The summed E-state index contributed by atoms with van der Waals surface area (Å²) in [6, 6.07) is 10.4. The van der Waals surface area contributed by atoms with Gasteiger partial charge in [0.25, 0.3) is 0 Å². The normalized spacial score (nSPS) is 42.3.